The summed E-state index contributed by atoms with van der Waals surface area (Å²) in [6.07, 6.45) is 0. The van der Waals surface area contributed by atoms with E-state index in [2.05, 4.69) is 0 Å². The van der Waals surface area contributed by atoms with Crippen LogP contribution in [0, 0.1) is 0 Å². The minimum absolute atomic E-state index is 0.281. The fourth-order valence-corrected chi connectivity index (χ4v) is 4.95. The van der Waals surface area contributed by atoms with Crippen molar-refractivity contribution >= 4 is 44.5 Å². The van der Waals surface area contributed by atoms with Crippen molar-refractivity contribution < 1.29 is 19.0 Å². The summed E-state index contributed by atoms with van der Waals surface area (Å²) in [7, 11) is 3.19. The second kappa shape index (κ2) is 8.33. The van der Waals surface area contributed by atoms with Crippen molar-refractivity contribution in [3.05, 3.63) is 46.7 Å². The van der Waals surface area contributed by atoms with Gasteiger partial charge in [0.2, 0.25) is 0 Å². The lowest BCUT2D eigenvalue weighted by Crippen LogP contribution is -2.04. The Morgan fingerprint density at radius 1 is 1.13 bits per heavy atom. The van der Waals surface area contributed by atoms with Gasteiger partial charge in [-0.05, 0) is 47.7 Å². The molecule has 0 radical (unpaired) electrons. The molecule has 4 rings (SSSR count). The number of nitrogen functional groups attached to an aromatic ring is 1. The van der Waals surface area contributed by atoms with Crippen LogP contribution in [0.1, 0.15) is 16.6 Å². The van der Waals surface area contributed by atoms with Crippen LogP contribution in [0.15, 0.2) is 41.8 Å². The Kier molecular flexibility index (Phi) is 5.61. The third-order valence-electron chi connectivity index (χ3n) is 4.63. The molecule has 0 saturated heterocycles. The predicted octanol–water partition coefficient (Wildman–Crippen LogP) is 5.47. The maximum absolute atomic E-state index is 12.4. The van der Waals surface area contributed by atoms with Gasteiger partial charge in [0.25, 0.3) is 0 Å². The maximum Gasteiger partial charge on any atom is 0.350 e. The van der Waals surface area contributed by atoms with Crippen LogP contribution in [0.4, 0.5) is 5.69 Å². The van der Waals surface area contributed by atoms with Crippen molar-refractivity contribution in [2.45, 2.75) is 6.92 Å². The number of esters is 1. The first kappa shape index (κ1) is 20.2. The van der Waals surface area contributed by atoms with E-state index in [1.54, 1.807) is 32.5 Å². The number of carbonyl (C=O) groups excluding carboxylic acids is 1. The average molecular weight is 441 g/mol. The van der Waals surface area contributed by atoms with Gasteiger partial charge in [-0.2, -0.15) is 0 Å². The Bertz CT molecular complexity index is 1220. The first-order valence-corrected chi connectivity index (χ1v) is 10.9. The zero-order valence-corrected chi connectivity index (χ0v) is 18.4. The van der Waals surface area contributed by atoms with Crippen LogP contribution >= 0.6 is 22.7 Å². The molecule has 6 nitrogen and oxygen atoms in total. The summed E-state index contributed by atoms with van der Waals surface area (Å²) in [6, 6.07) is 11.7. The molecule has 0 saturated carbocycles. The van der Waals surface area contributed by atoms with Gasteiger partial charge in [-0.25, -0.2) is 9.78 Å². The number of benzene rings is 1. The summed E-state index contributed by atoms with van der Waals surface area (Å²) in [5, 5.41) is 2.74. The second-order valence-electron chi connectivity index (χ2n) is 6.35. The van der Waals surface area contributed by atoms with E-state index in [-0.39, 0.29) is 6.61 Å². The number of anilines is 1. The van der Waals surface area contributed by atoms with Gasteiger partial charge in [0, 0.05) is 5.39 Å². The Morgan fingerprint density at radius 3 is 2.60 bits per heavy atom. The molecule has 0 fully saturated rings. The topological polar surface area (TPSA) is 83.7 Å². The molecule has 4 aromatic rings. The van der Waals surface area contributed by atoms with Crippen molar-refractivity contribution in [2.24, 2.45) is 0 Å². The third-order valence-corrected chi connectivity index (χ3v) is 6.60. The maximum atomic E-state index is 12.4. The summed E-state index contributed by atoms with van der Waals surface area (Å²) < 4.78 is 16.0. The normalized spacial score (nSPS) is 10.9. The lowest BCUT2D eigenvalue weighted by molar-refractivity contribution is 0.0533. The minimum atomic E-state index is -0.436. The van der Waals surface area contributed by atoms with E-state index < -0.39 is 5.97 Å². The first-order chi connectivity index (χ1) is 14.6. The molecular formula is C22H20N2O4S2. The van der Waals surface area contributed by atoms with E-state index in [9.17, 15) is 4.79 Å². The van der Waals surface area contributed by atoms with Gasteiger partial charge >= 0.3 is 5.97 Å². The Balaban J connectivity index is 2.00. The molecule has 8 heteroatoms. The van der Waals surface area contributed by atoms with Gasteiger partial charge < -0.3 is 19.9 Å². The van der Waals surface area contributed by atoms with E-state index in [1.165, 1.54) is 11.3 Å². The van der Waals surface area contributed by atoms with Crippen LogP contribution in [0.25, 0.3) is 31.9 Å². The monoisotopic (exact) mass is 440 g/mol. The van der Waals surface area contributed by atoms with Gasteiger partial charge in [-0.1, -0.05) is 12.1 Å². The molecule has 30 heavy (non-hydrogen) atoms. The van der Waals surface area contributed by atoms with Crippen molar-refractivity contribution in [1.82, 2.24) is 4.98 Å². The number of methoxy groups -OCH3 is 2. The van der Waals surface area contributed by atoms with Crippen LogP contribution < -0.4 is 15.2 Å². The fraction of sp³-hybridized carbons (Fsp3) is 0.182. The number of fused-ring (bicyclic) bond motifs is 1. The second-order valence-corrected chi connectivity index (χ2v) is 8.29. The Labute approximate surface area is 181 Å². The molecule has 1 aromatic carbocycles. The van der Waals surface area contributed by atoms with Crippen molar-refractivity contribution in [3.8, 4) is 33.2 Å². The number of ether oxygens (including phenoxy) is 3. The van der Waals surface area contributed by atoms with E-state index in [0.29, 0.717) is 26.9 Å². The number of aromatic nitrogens is 1. The van der Waals surface area contributed by atoms with Gasteiger partial charge in [0.1, 0.15) is 9.71 Å². The molecule has 0 aliphatic heterocycles. The SMILES string of the molecule is CCOC(=O)c1sc2nc(-c3cccs3)cc(-c3ccc(OC)c(OC)c3)c2c1N. The highest BCUT2D eigenvalue weighted by Gasteiger charge is 2.23. The largest absolute Gasteiger partial charge is 0.493 e. The van der Waals surface area contributed by atoms with E-state index in [4.69, 9.17) is 24.9 Å². The summed E-state index contributed by atoms with van der Waals surface area (Å²) in [6.45, 7) is 2.05. The molecule has 0 atom stereocenters. The molecule has 2 N–H and O–H groups in total. The number of pyridine rings is 1. The molecule has 0 aliphatic carbocycles. The van der Waals surface area contributed by atoms with Gasteiger partial charge in [0.15, 0.2) is 11.5 Å². The third kappa shape index (κ3) is 3.48. The highest BCUT2D eigenvalue weighted by atomic mass is 32.1. The van der Waals surface area contributed by atoms with Crippen molar-refractivity contribution in [1.29, 1.82) is 0 Å². The molecule has 154 valence electrons. The summed E-state index contributed by atoms with van der Waals surface area (Å²) in [4.78, 5) is 19.3. The zero-order valence-electron chi connectivity index (χ0n) is 16.7. The van der Waals surface area contributed by atoms with E-state index in [0.717, 1.165) is 27.1 Å². The number of carbonyl (C=O) groups is 1. The number of hydrogen-bond donors (Lipinski definition) is 1. The molecule has 0 bridgehead atoms. The van der Waals surface area contributed by atoms with Crippen LogP contribution in [0.2, 0.25) is 0 Å². The molecule has 0 aliphatic rings. The first-order valence-electron chi connectivity index (χ1n) is 9.23. The number of hydrogen-bond acceptors (Lipinski definition) is 8. The number of rotatable bonds is 6. The smallest absolute Gasteiger partial charge is 0.350 e. The number of thiophene rings is 2. The van der Waals surface area contributed by atoms with Crippen LogP contribution in [0.3, 0.4) is 0 Å². The number of nitrogens with two attached hydrogens (primary N) is 1. The lowest BCUT2D eigenvalue weighted by atomic mass is 10.0. The number of nitrogens with zero attached hydrogens (tertiary/aromatic N) is 1. The van der Waals surface area contributed by atoms with Gasteiger partial charge in [-0.15, -0.1) is 22.7 Å². The van der Waals surface area contributed by atoms with Gasteiger partial charge in [0.05, 0.1) is 37.1 Å². The highest BCUT2D eigenvalue weighted by Crippen LogP contribution is 2.43. The Hall–Kier alpha value is -3.10. The fourth-order valence-electron chi connectivity index (χ4n) is 3.25. The predicted molar refractivity (Wildman–Crippen MR) is 122 cm³/mol. The highest BCUT2D eigenvalue weighted by molar-refractivity contribution is 7.21. The summed E-state index contributed by atoms with van der Waals surface area (Å²) in [5.74, 6) is 0.807. The van der Waals surface area contributed by atoms with E-state index >= 15 is 0 Å². The van der Waals surface area contributed by atoms with Crippen molar-refractivity contribution in [2.75, 3.05) is 26.6 Å². The van der Waals surface area contributed by atoms with Crippen LogP contribution in [-0.4, -0.2) is 31.8 Å². The molecule has 0 spiro atoms. The van der Waals surface area contributed by atoms with Crippen LogP contribution in [-0.2, 0) is 4.74 Å². The Morgan fingerprint density at radius 2 is 1.93 bits per heavy atom. The van der Waals surface area contributed by atoms with E-state index in [1.807, 2.05) is 41.8 Å². The average Bonchev–Trinajstić information content (AvgIpc) is 3.41. The zero-order chi connectivity index (χ0) is 21.3. The standard InChI is InChI=1S/C22H20N2O4S2/c1-4-28-22(25)20-19(23)18-13(12-7-8-15(26-2)16(10-12)27-3)11-14(24-21(18)30-20)17-6-5-9-29-17/h5-11H,4,23H2,1-3H3. The summed E-state index contributed by atoms with van der Waals surface area (Å²) in [5.41, 5.74) is 9.37. The lowest BCUT2D eigenvalue weighted by Gasteiger charge is -2.12. The molecule has 3 aromatic heterocycles. The molecule has 0 amide bonds. The van der Waals surface area contributed by atoms with Gasteiger partial charge in [-0.3, -0.25) is 0 Å². The molecule has 0 unspecified atom stereocenters. The van der Waals surface area contributed by atoms with Crippen LogP contribution in [0.5, 0.6) is 11.5 Å². The van der Waals surface area contributed by atoms with Crippen molar-refractivity contribution in [3.63, 3.8) is 0 Å². The quantitative estimate of drug-likeness (QED) is 0.400. The molecule has 3 heterocycles. The minimum Gasteiger partial charge on any atom is -0.493 e. The summed E-state index contributed by atoms with van der Waals surface area (Å²) >= 11 is 2.85. The molecular weight excluding hydrogens is 420 g/mol.